The van der Waals surface area contributed by atoms with Crippen LogP contribution in [0.3, 0.4) is 0 Å². The van der Waals surface area contributed by atoms with Gasteiger partial charge in [0.2, 0.25) is 0 Å². The van der Waals surface area contributed by atoms with E-state index < -0.39 is 13.7 Å². The molecule has 0 saturated heterocycles. The molecular weight excluding hydrogens is 532 g/mol. The van der Waals surface area contributed by atoms with Crippen LogP contribution in [-0.4, -0.2) is 45.3 Å². The second-order valence-electron chi connectivity index (χ2n) is 13.1. The van der Waals surface area contributed by atoms with Crippen LogP contribution >= 0.6 is 0 Å². The number of ether oxygens (including phenoxy) is 3. The lowest BCUT2D eigenvalue weighted by Crippen LogP contribution is -2.32. The molecule has 41 heavy (non-hydrogen) atoms. The molecule has 0 spiro atoms. The van der Waals surface area contributed by atoms with Gasteiger partial charge in [-0.05, 0) is 81.3 Å². The van der Waals surface area contributed by atoms with E-state index in [9.17, 15) is 14.4 Å². The molecular formula is C34H50O6Si. The number of aryl methyl sites for hydroxylation is 1. The number of methoxy groups -OCH3 is 1. The third kappa shape index (κ3) is 12.6. The summed E-state index contributed by atoms with van der Waals surface area (Å²) in [4.78, 5) is 38.1. The molecule has 2 aromatic rings. The number of hydrogen-bond acceptors (Lipinski definition) is 6. The molecule has 0 aliphatic carbocycles. The third-order valence-electron chi connectivity index (χ3n) is 7.02. The summed E-state index contributed by atoms with van der Waals surface area (Å²) in [6, 6.07) is 16.5. The van der Waals surface area contributed by atoms with Gasteiger partial charge in [0, 0.05) is 8.07 Å². The Morgan fingerprint density at radius 2 is 1.39 bits per heavy atom. The number of carbonyl (C=O) groups excluding carboxylic acids is 3. The molecule has 226 valence electrons. The van der Waals surface area contributed by atoms with Crippen molar-refractivity contribution in [3.63, 3.8) is 0 Å². The molecule has 0 unspecified atom stereocenters. The molecule has 0 aromatic heterocycles. The van der Waals surface area contributed by atoms with Gasteiger partial charge in [-0.1, -0.05) is 75.8 Å². The van der Waals surface area contributed by atoms with E-state index in [0.29, 0.717) is 37.9 Å². The Labute approximate surface area is 248 Å². The molecule has 0 amide bonds. The van der Waals surface area contributed by atoms with E-state index in [1.165, 1.54) is 7.11 Å². The zero-order valence-corrected chi connectivity index (χ0v) is 27.4. The zero-order valence-electron chi connectivity index (χ0n) is 26.4. The van der Waals surface area contributed by atoms with Gasteiger partial charge in [0.1, 0.15) is 5.60 Å². The van der Waals surface area contributed by atoms with Crippen molar-refractivity contribution < 1.29 is 28.6 Å². The Morgan fingerprint density at radius 1 is 0.829 bits per heavy atom. The summed E-state index contributed by atoms with van der Waals surface area (Å²) in [7, 11) is 0.0277. The topological polar surface area (TPSA) is 78.9 Å². The van der Waals surface area contributed by atoms with E-state index in [4.69, 9.17) is 14.2 Å². The van der Waals surface area contributed by atoms with Gasteiger partial charge in [0.15, 0.2) is 0 Å². The van der Waals surface area contributed by atoms with Crippen LogP contribution in [-0.2, 0) is 30.2 Å². The highest BCUT2D eigenvalue weighted by molar-refractivity contribution is 6.76. The molecule has 0 fully saturated rings. The Balaban J connectivity index is 2.16. The van der Waals surface area contributed by atoms with Crippen molar-refractivity contribution in [2.45, 2.75) is 97.5 Å². The molecule has 2 rings (SSSR count). The molecule has 0 aliphatic heterocycles. The van der Waals surface area contributed by atoms with Crippen LogP contribution in [0.15, 0.2) is 48.5 Å². The summed E-state index contributed by atoms with van der Waals surface area (Å²) in [5.41, 5.74) is 3.10. The quantitative estimate of drug-likeness (QED) is 0.120. The first-order chi connectivity index (χ1) is 19.2. The molecule has 7 heteroatoms. The molecule has 0 radical (unpaired) electrons. The molecule has 0 saturated carbocycles. The van der Waals surface area contributed by atoms with E-state index in [-0.39, 0.29) is 29.7 Å². The SMILES string of the molecule is CCCC[C@@H](C[C@@H](CCc1ccc(-c2ccc(C(=O)OC)cc2)cc1)C(=O)OCC[Si](C)(C)C)C(=O)OC(C)(C)C. The summed E-state index contributed by atoms with van der Waals surface area (Å²) in [5.74, 6) is -1.51. The van der Waals surface area contributed by atoms with Gasteiger partial charge in [-0.25, -0.2) is 4.79 Å². The number of rotatable bonds is 15. The van der Waals surface area contributed by atoms with Gasteiger partial charge in [0.05, 0.1) is 31.1 Å². The Bertz CT molecular complexity index is 1110. The average Bonchev–Trinajstić information content (AvgIpc) is 2.90. The first-order valence-electron chi connectivity index (χ1n) is 14.9. The van der Waals surface area contributed by atoms with Crippen molar-refractivity contribution in [2.75, 3.05) is 13.7 Å². The van der Waals surface area contributed by atoms with Gasteiger partial charge in [-0.3, -0.25) is 9.59 Å². The highest BCUT2D eigenvalue weighted by atomic mass is 28.3. The van der Waals surface area contributed by atoms with Crippen LogP contribution in [0.25, 0.3) is 11.1 Å². The summed E-state index contributed by atoms with van der Waals surface area (Å²) >= 11 is 0. The smallest absolute Gasteiger partial charge is 0.337 e. The van der Waals surface area contributed by atoms with Gasteiger partial charge in [0.25, 0.3) is 0 Å². The second-order valence-corrected chi connectivity index (χ2v) is 18.7. The lowest BCUT2D eigenvalue weighted by atomic mass is 9.86. The lowest BCUT2D eigenvalue weighted by molar-refractivity contribution is -0.162. The van der Waals surface area contributed by atoms with Crippen molar-refractivity contribution in [2.24, 2.45) is 11.8 Å². The molecule has 0 heterocycles. The second kappa shape index (κ2) is 15.9. The van der Waals surface area contributed by atoms with Crippen LogP contribution in [0.1, 0.15) is 75.7 Å². The minimum Gasteiger partial charge on any atom is -0.466 e. The van der Waals surface area contributed by atoms with Gasteiger partial charge < -0.3 is 14.2 Å². The maximum absolute atomic E-state index is 13.3. The maximum Gasteiger partial charge on any atom is 0.337 e. The monoisotopic (exact) mass is 582 g/mol. The van der Waals surface area contributed by atoms with E-state index in [1.807, 2.05) is 32.9 Å². The summed E-state index contributed by atoms with van der Waals surface area (Å²) in [5, 5.41) is 0. The van der Waals surface area contributed by atoms with Gasteiger partial charge in [-0.2, -0.15) is 0 Å². The van der Waals surface area contributed by atoms with Gasteiger partial charge in [-0.15, -0.1) is 0 Å². The van der Waals surface area contributed by atoms with Crippen molar-refractivity contribution in [1.29, 1.82) is 0 Å². The van der Waals surface area contributed by atoms with Gasteiger partial charge >= 0.3 is 17.9 Å². The molecule has 2 aromatic carbocycles. The number of esters is 3. The fourth-order valence-corrected chi connectivity index (χ4v) is 5.25. The van der Waals surface area contributed by atoms with Crippen LogP contribution in [0.2, 0.25) is 25.7 Å². The van der Waals surface area contributed by atoms with Crippen LogP contribution < -0.4 is 0 Å². The maximum atomic E-state index is 13.3. The predicted octanol–water partition coefficient (Wildman–Crippen LogP) is 8.11. The fourth-order valence-electron chi connectivity index (χ4n) is 4.54. The molecule has 6 nitrogen and oxygen atoms in total. The lowest BCUT2D eigenvalue weighted by Gasteiger charge is -2.26. The average molecular weight is 583 g/mol. The fraction of sp³-hybridized carbons (Fsp3) is 0.559. The Hall–Kier alpha value is -2.93. The summed E-state index contributed by atoms with van der Waals surface area (Å²) in [6.07, 6.45) is 4.32. The van der Waals surface area contributed by atoms with Crippen molar-refractivity contribution in [3.8, 4) is 11.1 Å². The largest absolute Gasteiger partial charge is 0.466 e. The highest BCUT2D eigenvalue weighted by Gasteiger charge is 2.31. The Morgan fingerprint density at radius 3 is 1.90 bits per heavy atom. The molecule has 0 N–H and O–H groups in total. The number of unbranched alkanes of at least 4 members (excludes halogenated alkanes) is 1. The van der Waals surface area contributed by atoms with Crippen molar-refractivity contribution >= 4 is 26.0 Å². The number of benzene rings is 2. The highest BCUT2D eigenvalue weighted by Crippen LogP contribution is 2.28. The van der Waals surface area contributed by atoms with Crippen LogP contribution in [0, 0.1) is 11.8 Å². The Kier molecular flexibility index (Phi) is 13.3. The minimum atomic E-state index is -1.34. The van der Waals surface area contributed by atoms with Crippen LogP contribution in [0.5, 0.6) is 0 Å². The zero-order chi connectivity index (χ0) is 30.6. The summed E-state index contributed by atoms with van der Waals surface area (Å²) in [6.45, 7) is 14.9. The van der Waals surface area contributed by atoms with Crippen LogP contribution in [0.4, 0.5) is 0 Å². The number of hydrogen-bond donors (Lipinski definition) is 0. The minimum absolute atomic E-state index is 0.212. The normalized spacial score (nSPS) is 13.3. The van der Waals surface area contributed by atoms with E-state index in [2.05, 4.69) is 50.8 Å². The number of carbonyl (C=O) groups is 3. The molecule has 0 bridgehead atoms. The molecule has 0 aliphatic rings. The first-order valence-corrected chi connectivity index (χ1v) is 18.6. The standard InChI is InChI=1S/C34H50O6Si/c1-9-10-11-29(33(37)40-34(2,3)4)24-30(32(36)39-22-23-41(6,7)8)17-14-25-12-15-26(16-13-25)27-18-20-28(21-19-27)31(35)38-5/h12-13,15-16,18-21,29-30H,9-11,14,17,22-24H2,1-8H3/t29-,30+/m0/s1. The van der Waals surface area contributed by atoms with Crippen molar-refractivity contribution in [3.05, 3.63) is 59.7 Å². The first kappa shape index (κ1) is 34.3. The van der Waals surface area contributed by atoms with E-state index in [1.54, 1.807) is 12.1 Å². The summed E-state index contributed by atoms with van der Waals surface area (Å²) < 4.78 is 16.3. The van der Waals surface area contributed by atoms with E-state index in [0.717, 1.165) is 35.6 Å². The molecule has 2 atom stereocenters. The van der Waals surface area contributed by atoms with Crippen molar-refractivity contribution in [1.82, 2.24) is 0 Å². The predicted molar refractivity (Wildman–Crippen MR) is 168 cm³/mol. The van der Waals surface area contributed by atoms with E-state index >= 15 is 0 Å². The third-order valence-corrected chi connectivity index (χ3v) is 8.72.